The van der Waals surface area contributed by atoms with Crippen molar-refractivity contribution in [2.24, 2.45) is 0 Å². The summed E-state index contributed by atoms with van der Waals surface area (Å²) in [5, 5.41) is 0. The molecule has 0 aliphatic rings. The van der Waals surface area contributed by atoms with Crippen LogP contribution in [0.15, 0.2) is 24.5 Å². The summed E-state index contributed by atoms with van der Waals surface area (Å²) in [6.07, 6.45) is 0.214. The summed E-state index contributed by atoms with van der Waals surface area (Å²) in [7, 11) is 0. The van der Waals surface area contributed by atoms with E-state index >= 15 is 0 Å². The van der Waals surface area contributed by atoms with Crippen molar-refractivity contribution in [1.29, 1.82) is 0 Å². The number of aromatic nitrogens is 2. The van der Waals surface area contributed by atoms with E-state index in [2.05, 4.69) is 9.97 Å². The molecule has 0 saturated carbocycles. The highest BCUT2D eigenvalue weighted by Crippen LogP contribution is 2.27. The molecular weight excluding hydrogens is 293 g/mol. The summed E-state index contributed by atoms with van der Waals surface area (Å²) in [5.74, 6) is 0.0526. The molecular formula is C16H17F3N2O. The fourth-order valence-electron chi connectivity index (χ4n) is 2.28. The minimum Gasteiger partial charge on any atom is -0.358 e. The van der Waals surface area contributed by atoms with Gasteiger partial charge in [-0.3, -0.25) is 9.78 Å². The first-order chi connectivity index (χ1) is 10.3. The monoisotopic (exact) mass is 310 g/mol. The van der Waals surface area contributed by atoms with Crippen molar-refractivity contribution in [2.45, 2.75) is 39.3 Å². The quantitative estimate of drug-likeness (QED) is 0.836. The number of nitrogens with zero attached hydrogens (tertiary/aromatic N) is 1. The Morgan fingerprint density at radius 1 is 1.32 bits per heavy atom. The molecule has 118 valence electrons. The number of carbonyl (C=O) groups excluding carboxylic acids is 1. The molecule has 2 aromatic heterocycles. The molecule has 0 spiro atoms. The maximum atomic E-state index is 12.5. The number of alkyl halides is 3. The molecule has 0 unspecified atom stereocenters. The Labute approximate surface area is 126 Å². The van der Waals surface area contributed by atoms with Crippen molar-refractivity contribution in [3.63, 3.8) is 0 Å². The first-order valence-corrected chi connectivity index (χ1v) is 7.05. The third kappa shape index (κ3) is 3.55. The standard InChI is InChI=1S/C16H17F3N2O/c1-3-4-13(22)15-10(2)12(9-21-15)7-11-5-6-14(20-8-11)16(17,18)19/h5-6,8-9,21H,3-4,7H2,1-2H3. The number of rotatable bonds is 5. The van der Waals surface area contributed by atoms with Crippen molar-refractivity contribution >= 4 is 5.78 Å². The van der Waals surface area contributed by atoms with E-state index in [1.165, 1.54) is 12.3 Å². The number of H-pyrrole nitrogens is 1. The lowest BCUT2D eigenvalue weighted by Crippen LogP contribution is -2.07. The Kier molecular flexibility index (Phi) is 4.68. The first-order valence-electron chi connectivity index (χ1n) is 7.05. The number of nitrogens with one attached hydrogen (secondary N) is 1. The molecule has 22 heavy (non-hydrogen) atoms. The van der Waals surface area contributed by atoms with Crippen LogP contribution in [0.25, 0.3) is 0 Å². The van der Waals surface area contributed by atoms with Crippen LogP contribution in [-0.2, 0) is 12.6 Å². The van der Waals surface area contributed by atoms with Gasteiger partial charge in [-0.05, 0) is 36.1 Å². The summed E-state index contributed by atoms with van der Waals surface area (Å²) >= 11 is 0. The van der Waals surface area contributed by atoms with Crippen LogP contribution >= 0.6 is 0 Å². The molecule has 3 nitrogen and oxygen atoms in total. The number of carbonyl (C=O) groups is 1. The highest BCUT2D eigenvalue weighted by atomic mass is 19.4. The van der Waals surface area contributed by atoms with Gasteiger partial charge in [0, 0.05) is 25.2 Å². The fourth-order valence-corrected chi connectivity index (χ4v) is 2.28. The van der Waals surface area contributed by atoms with Crippen molar-refractivity contribution in [1.82, 2.24) is 9.97 Å². The van der Waals surface area contributed by atoms with Crippen LogP contribution in [0.5, 0.6) is 0 Å². The minimum atomic E-state index is -4.43. The Bertz CT molecular complexity index is 657. The maximum Gasteiger partial charge on any atom is 0.433 e. The van der Waals surface area contributed by atoms with Crippen LogP contribution in [0.2, 0.25) is 0 Å². The molecule has 2 rings (SSSR count). The van der Waals surface area contributed by atoms with Crippen molar-refractivity contribution in [2.75, 3.05) is 0 Å². The average Bonchev–Trinajstić information content (AvgIpc) is 2.80. The summed E-state index contributed by atoms with van der Waals surface area (Å²) in [5.41, 5.74) is 2.08. The maximum absolute atomic E-state index is 12.5. The van der Waals surface area contributed by atoms with Gasteiger partial charge in [-0.15, -0.1) is 0 Å². The molecule has 2 heterocycles. The molecule has 1 N–H and O–H groups in total. The van der Waals surface area contributed by atoms with Crippen molar-refractivity contribution < 1.29 is 18.0 Å². The Morgan fingerprint density at radius 2 is 2.05 bits per heavy atom. The number of aromatic amines is 1. The van der Waals surface area contributed by atoms with Gasteiger partial charge in [0.25, 0.3) is 0 Å². The first kappa shape index (κ1) is 16.3. The SMILES string of the molecule is CCCC(=O)c1[nH]cc(Cc2ccc(C(F)(F)F)nc2)c1C. The van der Waals surface area contributed by atoms with E-state index in [0.717, 1.165) is 23.6 Å². The molecule has 0 aliphatic carbocycles. The van der Waals surface area contributed by atoms with Crippen LogP contribution in [0.4, 0.5) is 13.2 Å². The van der Waals surface area contributed by atoms with Crippen LogP contribution < -0.4 is 0 Å². The van der Waals surface area contributed by atoms with Gasteiger partial charge < -0.3 is 4.98 Å². The number of ketones is 1. The zero-order valence-electron chi connectivity index (χ0n) is 12.4. The van der Waals surface area contributed by atoms with Crippen LogP contribution in [-0.4, -0.2) is 15.8 Å². The number of hydrogen-bond donors (Lipinski definition) is 1. The van der Waals surface area contributed by atoms with Crippen LogP contribution in [0.3, 0.4) is 0 Å². The Morgan fingerprint density at radius 3 is 2.59 bits per heavy atom. The summed E-state index contributed by atoms with van der Waals surface area (Å²) in [6, 6.07) is 2.39. The summed E-state index contributed by atoms with van der Waals surface area (Å²) in [6.45, 7) is 3.77. The molecule has 6 heteroatoms. The Balaban J connectivity index is 2.16. The summed E-state index contributed by atoms with van der Waals surface area (Å²) < 4.78 is 37.4. The zero-order chi connectivity index (χ0) is 16.3. The third-order valence-electron chi connectivity index (χ3n) is 3.51. The highest BCUT2D eigenvalue weighted by Gasteiger charge is 2.32. The van der Waals surface area contributed by atoms with Gasteiger partial charge in [-0.2, -0.15) is 13.2 Å². The van der Waals surface area contributed by atoms with E-state index in [-0.39, 0.29) is 5.78 Å². The Hall–Kier alpha value is -2.11. The largest absolute Gasteiger partial charge is 0.433 e. The number of pyridine rings is 1. The van der Waals surface area contributed by atoms with Gasteiger partial charge in [-0.25, -0.2) is 0 Å². The highest BCUT2D eigenvalue weighted by molar-refractivity contribution is 5.96. The molecule has 2 aromatic rings. The molecule has 0 amide bonds. The van der Waals surface area contributed by atoms with E-state index in [0.29, 0.717) is 24.1 Å². The third-order valence-corrected chi connectivity index (χ3v) is 3.51. The van der Waals surface area contributed by atoms with E-state index in [1.54, 1.807) is 6.20 Å². The van der Waals surface area contributed by atoms with Crippen LogP contribution in [0.1, 0.15) is 52.6 Å². The van der Waals surface area contributed by atoms with Gasteiger partial charge in [0.2, 0.25) is 0 Å². The number of halogens is 3. The lowest BCUT2D eigenvalue weighted by molar-refractivity contribution is -0.141. The molecule has 0 atom stereocenters. The second-order valence-electron chi connectivity index (χ2n) is 5.21. The molecule has 0 saturated heterocycles. The minimum absolute atomic E-state index is 0.0526. The molecule has 0 aliphatic heterocycles. The van der Waals surface area contributed by atoms with E-state index < -0.39 is 11.9 Å². The van der Waals surface area contributed by atoms with Crippen molar-refractivity contribution in [3.8, 4) is 0 Å². The molecule has 0 radical (unpaired) electrons. The molecule has 0 fully saturated rings. The fraction of sp³-hybridized carbons (Fsp3) is 0.375. The predicted molar refractivity (Wildman–Crippen MR) is 76.8 cm³/mol. The number of hydrogen-bond acceptors (Lipinski definition) is 2. The van der Waals surface area contributed by atoms with Gasteiger partial charge in [0.05, 0.1) is 5.69 Å². The second kappa shape index (κ2) is 6.34. The second-order valence-corrected chi connectivity index (χ2v) is 5.21. The van der Waals surface area contributed by atoms with E-state index in [9.17, 15) is 18.0 Å². The van der Waals surface area contributed by atoms with Crippen LogP contribution in [0, 0.1) is 6.92 Å². The van der Waals surface area contributed by atoms with Gasteiger partial charge in [0.15, 0.2) is 5.78 Å². The van der Waals surface area contributed by atoms with Gasteiger partial charge in [-0.1, -0.05) is 13.0 Å². The lowest BCUT2D eigenvalue weighted by atomic mass is 10.0. The summed E-state index contributed by atoms with van der Waals surface area (Å²) in [4.78, 5) is 18.3. The zero-order valence-corrected chi connectivity index (χ0v) is 12.4. The average molecular weight is 310 g/mol. The van der Waals surface area contributed by atoms with E-state index in [1.807, 2.05) is 13.8 Å². The predicted octanol–water partition coefficient (Wildman–Crippen LogP) is 4.31. The smallest absolute Gasteiger partial charge is 0.358 e. The van der Waals surface area contributed by atoms with Crippen molar-refractivity contribution in [3.05, 3.63) is 52.6 Å². The molecule has 0 aromatic carbocycles. The topological polar surface area (TPSA) is 45.8 Å². The normalized spacial score (nSPS) is 11.7. The van der Waals surface area contributed by atoms with E-state index in [4.69, 9.17) is 0 Å². The van der Waals surface area contributed by atoms with Gasteiger partial charge in [0.1, 0.15) is 5.69 Å². The lowest BCUT2D eigenvalue weighted by Gasteiger charge is -2.06. The van der Waals surface area contributed by atoms with Gasteiger partial charge >= 0.3 is 6.18 Å². The molecule has 0 bridgehead atoms. The number of Topliss-reactive ketones (excluding diaryl/α,β-unsaturated/α-hetero) is 1.